The lowest BCUT2D eigenvalue weighted by Gasteiger charge is -2.21. The summed E-state index contributed by atoms with van der Waals surface area (Å²) in [5.41, 5.74) is -1.05. The molecule has 4 rings (SSSR count). The molecule has 1 saturated carbocycles. The smallest absolute Gasteiger partial charge is 0.265 e. The normalized spacial score (nSPS) is 23.5. The Balaban J connectivity index is 1.50. The summed E-state index contributed by atoms with van der Waals surface area (Å²) in [4.78, 5) is 27.1. The van der Waals surface area contributed by atoms with E-state index in [4.69, 9.17) is 0 Å². The molecule has 2 aromatic rings. The fourth-order valence-electron chi connectivity index (χ4n) is 2.91. The summed E-state index contributed by atoms with van der Waals surface area (Å²) in [5, 5.41) is 4.72. The van der Waals surface area contributed by atoms with Crippen LogP contribution in [-0.4, -0.2) is 39.6 Å². The Kier molecular flexibility index (Phi) is 3.71. The molecule has 0 radical (unpaired) electrons. The van der Waals surface area contributed by atoms with Gasteiger partial charge < -0.3 is 4.90 Å². The Hall–Kier alpha value is -2.09. The van der Waals surface area contributed by atoms with Gasteiger partial charge in [0.05, 0.1) is 6.54 Å². The summed E-state index contributed by atoms with van der Waals surface area (Å²) < 4.78 is 15.1. The standard InChI is InChI=1S/C16H18FN5OS/c1-10-8-12(20-13(19-10)11-2-3-11)22-6-4-16(17,9-22)14(23)21-15-18-5-7-24-15/h5,7-8,11H,2-4,6,9H2,1H3,(H,18,21,23). The van der Waals surface area contributed by atoms with Crippen molar-refractivity contribution in [1.82, 2.24) is 15.0 Å². The Labute approximate surface area is 143 Å². The van der Waals surface area contributed by atoms with E-state index in [0.717, 1.165) is 24.4 Å². The van der Waals surface area contributed by atoms with Crippen molar-refractivity contribution in [2.75, 3.05) is 23.3 Å². The molecule has 1 atom stereocenters. The summed E-state index contributed by atoms with van der Waals surface area (Å²) in [7, 11) is 0. The average Bonchev–Trinajstić information content (AvgIpc) is 3.14. The number of hydrogen-bond acceptors (Lipinski definition) is 6. The number of nitrogens with zero attached hydrogens (tertiary/aromatic N) is 4. The Morgan fingerprint density at radius 3 is 3.00 bits per heavy atom. The molecule has 8 heteroatoms. The van der Waals surface area contributed by atoms with Crippen LogP contribution in [0.1, 0.15) is 36.7 Å². The Morgan fingerprint density at radius 2 is 2.29 bits per heavy atom. The van der Waals surface area contributed by atoms with Gasteiger partial charge in [0, 0.05) is 42.2 Å². The molecule has 126 valence electrons. The van der Waals surface area contributed by atoms with Crippen molar-refractivity contribution in [2.45, 2.75) is 37.8 Å². The van der Waals surface area contributed by atoms with Gasteiger partial charge in [-0.05, 0) is 19.8 Å². The van der Waals surface area contributed by atoms with Gasteiger partial charge in [0.25, 0.3) is 5.91 Å². The molecule has 1 saturated heterocycles. The first-order valence-electron chi connectivity index (χ1n) is 8.04. The SMILES string of the molecule is Cc1cc(N2CCC(F)(C(=O)Nc3nccs3)C2)nc(C2CC2)n1. The van der Waals surface area contributed by atoms with Gasteiger partial charge in [0.1, 0.15) is 11.6 Å². The van der Waals surface area contributed by atoms with Crippen LogP contribution in [0.3, 0.4) is 0 Å². The third kappa shape index (κ3) is 2.98. The molecule has 1 amide bonds. The lowest BCUT2D eigenvalue weighted by atomic mass is 10.1. The predicted molar refractivity (Wildman–Crippen MR) is 90.2 cm³/mol. The molecule has 1 aliphatic carbocycles. The van der Waals surface area contributed by atoms with Gasteiger partial charge in [-0.15, -0.1) is 11.3 Å². The number of alkyl halides is 1. The molecule has 0 aromatic carbocycles. The molecule has 1 unspecified atom stereocenters. The second-order valence-corrected chi connectivity index (χ2v) is 7.32. The first-order valence-corrected chi connectivity index (χ1v) is 8.92. The third-order valence-corrected chi connectivity index (χ3v) is 5.09. The minimum atomic E-state index is -1.93. The van der Waals surface area contributed by atoms with Gasteiger partial charge in [-0.25, -0.2) is 19.3 Å². The highest BCUT2D eigenvalue weighted by molar-refractivity contribution is 7.13. The summed E-state index contributed by atoms with van der Waals surface area (Å²) in [6.07, 6.45) is 3.96. The third-order valence-electron chi connectivity index (χ3n) is 4.40. The van der Waals surface area contributed by atoms with E-state index in [0.29, 0.717) is 23.4 Å². The van der Waals surface area contributed by atoms with Crippen LogP contribution in [0.2, 0.25) is 0 Å². The molecule has 0 spiro atoms. The Morgan fingerprint density at radius 1 is 1.46 bits per heavy atom. The molecule has 24 heavy (non-hydrogen) atoms. The van der Waals surface area contributed by atoms with Crippen molar-refractivity contribution >= 4 is 28.2 Å². The van der Waals surface area contributed by atoms with Crippen LogP contribution in [0.5, 0.6) is 0 Å². The lowest BCUT2D eigenvalue weighted by Crippen LogP contribution is -2.41. The van der Waals surface area contributed by atoms with Crippen molar-refractivity contribution in [3.8, 4) is 0 Å². The number of carbonyl (C=O) groups is 1. The van der Waals surface area contributed by atoms with Gasteiger partial charge in [-0.2, -0.15) is 0 Å². The number of hydrogen-bond donors (Lipinski definition) is 1. The minimum absolute atomic E-state index is 0.00473. The van der Waals surface area contributed by atoms with E-state index in [1.807, 2.05) is 17.9 Å². The summed E-state index contributed by atoms with van der Waals surface area (Å²) in [6.45, 7) is 2.39. The van der Waals surface area contributed by atoms with Gasteiger partial charge in [0.15, 0.2) is 5.13 Å². The van der Waals surface area contributed by atoms with Crippen LogP contribution in [0.4, 0.5) is 15.3 Å². The van der Waals surface area contributed by atoms with E-state index in [9.17, 15) is 4.79 Å². The van der Waals surface area contributed by atoms with E-state index in [1.54, 1.807) is 11.6 Å². The maximum absolute atomic E-state index is 15.1. The van der Waals surface area contributed by atoms with Crippen LogP contribution in [-0.2, 0) is 4.79 Å². The molecule has 1 aliphatic heterocycles. The molecule has 0 bridgehead atoms. The molecule has 1 N–H and O–H groups in total. The predicted octanol–water partition coefficient (Wildman–Crippen LogP) is 2.68. The largest absolute Gasteiger partial charge is 0.353 e. The van der Waals surface area contributed by atoms with Crippen LogP contribution < -0.4 is 10.2 Å². The highest BCUT2D eigenvalue weighted by atomic mass is 32.1. The van der Waals surface area contributed by atoms with Crippen molar-refractivity contribution in [2.24, 2.45) is 0 Å². The average molecular weight is 347 g/mol. The summed E-state index contributed by atoms with van der Waals surface area (Å²) in [5.74, 6) is 1.36. The maximum Gasteiger partial charge on any atom is 0.265 e. The molecule has 3 heterocycles. The highest BCUT2D eigenvalue weighted by Crippen LogP contribution is 2.39. The van der Waals surface area contributed by atoms with E-state index >= 15 is 4.39 Å². The van der Waals surface area contributed by atoms with Crippen LogP contribution in [0.25, 0.3) is 0 Å². The van der Waals surface area contributed by atoms with Crippen LogP contribution in [0.15, 0.2) is 17.6 Å². The number of anilines is 2. The van der Waals surface area contributed by atoms with Gasteiger partial charge in [-0.3, -0.25) is 10.1 Å². The van der Waals surface area contributed by atoms with Gasteiger partial charge in [0.2, 0.25) is 5.67 Å². The number of thiazole rings is 1. The van der Waals surface area contributed by atoms with Crippen molar-refractivity contribution in [3.05, 3.63) is 29.2 Å². The molecular formula is C16H18FN5OS. The van der Waals surface area contributed by atoms with E-state index in [-0.39, 0.29) is 13.0 Å². The van der Waals surface area contributed by atoms with Crippen LogP contribution in [0, 0.1) is 6.92 Å². The second kappa shape index (κ2) is 5.77. The maximum atomic E-state index is 15.1. The highest BCUT2D eigenvalue weighted by Gasteiger charge is 2.46. The van der Waals surface area contributed by atoms with E-state index in [2.05, 4.69) is 20.3 Å². The zero-order chi connectivity index (χ0) is 16.7. The molecule has 2 aliphatic rings. The van der Waals surface area contributed by atoms with Gasteiger partial charge in [-0.1, -0.05) is 0 Å². The van der Waals surface area contributed by atoms with E-state index in [1.165, 1.54) is 11.3 Å². The van der Waals surface area contributed by atoms with Crippen LogP contribution >= 0.6 is 11.3 Å². The number of nitrogens with one attached hydrogen (secondary N) is 1. The zero-order valence-electron chi connectivity index (χ0n) is 13.3. The first kappa shape index (κ1) is 15.4. The second-order valence-electron chi connectivity index (χ2n) is 6.43. The van der Waals surface area contributed by atoms with Crippen molar-refractivity contribution in [3.63, 3.8) is 0 Å². The van der Waals surface area contributed by atoms with E-state index < -0.39 is 11.6 Å². The fraction of sp³-hybridized carbons (Fsp3) is 0.500. The molecule has 2 aromatic heterocycles. The number of carbonyl (C=O) groups excluding carboxylic acids is 1. The number of rotatable bonds is 4. The quantitative estimate of drug-likeness (QED) is 0.921. The monoisotopic (exact) mass is 347 g/mol. The number of halogens is 1. The topological polar surface area (TPSA) is 71.0 Å². The molecule has 2 fully saturated rings. The first-order chi connectivity index (χ1) is 11.5. The number of aryl methyl sites for hydroxylation is 1. The summed E-state index contributed by atoms with van der Waals surface area (Å²) in [6, 6.07) is 1.86. The van der Waals surface area contributed by atoms with Crippen molar-refractivity contribution < 1.29 is 9.18 Å². The van der Waals surface area contributed by atoms with Crippen molar-refractivity contribution in [1.29, 1.82) is 0 Å². The minimum Gasteiger partial charge on any atom is -0.353 e. The number of aromatic nitrogens is 3. The zero-order valence-corrected chi connectivity index (χ0v) is 14.1. The lowest BCUT2D eigenvalue weighted by molar-refractivity contribution is -0.126. The summed E-state index contributed by atoms with van der Waals surface area (Å²) >= 11 is 1.28. The van der Waals surface area contributed by atoms with Gasteiger partial charge >= 0.3 is 0 Å². The fourth-order valence-corrected chi connectivity index (χ4v) is 3.43. The number of amides is 1. The molecular weight excluding hydrogens is 329 g/mol. The molecule has 6 nitrogen and oxygen atoms in total. The Bertz CT molecular complexity index is 764.